The van der Waals surface area contributed by atoms with Crippen molar-refractivity contribution in [2.75, 3.05) is 32.7 Å². The molecule has 0 spiro atoms. The van der Waals surface area contributed by atoms with Gasteiger partial charge in [-0.3, -0.25) is 14.6 Å². The molecule has 3 heteroatoms. The molecule has 114 valence electrons. The van der Waals surface area contributed by atoms with E-state index in [1.54, 1.807) is 0 Å². The number of Topliss-reactive ketones (excluding diaryl/α,β-unsaturated/α-hetero) is 1. The maximum Gasteiger partial charge on any atom is 0.176 e. The monoisotopic (exact) mass is 286 g/mol. The van der Waals surface area contributed by atoms with Crippen molar-refractivity contribution in [2.24, 2.45) is 0 Å². The van der Waals surface area contributed by atoms with Crippen molar-refractivity contribution in [1.29, 1.82) is 0 Å². The van der Waals surface area contributed by atoms with Gasteiger partial charge in [-0.25, -0.2) is 0 Å². The lowest BCUT2D eigenvalue weighted by molar-refractivity contribution is 0.0784. The van der Waals surface area contributed by atoms with Crippen molar-refractivity contribution in [3.05, 3.63) is 35.4 Å². The molecule has 1 unspecified atom stereocenters. The molecule has 0 bridgehead atoms. The smallest absolute Gasteiger partial charge is 0.176 e. The first-order valence-electron chi connectivity index (χ1n) is 8.35. The summed E-state index contributed by atoms with van der Waals surface area (Å²) in [6.07, 6.45) is 4.87. The second-order valence-corrected chi connectivity index (χ2v) is 6.44. The molecule has 2 aliphatic rings. The van der Waals surface area contributed by atoms with Crippen LogP contribution in [-0.4, -0.2) is 54.3 Å². The molecule has 1 atom stereocenters. The zero-order chi connectivity index (χ0) is 14.7. The molecule has 0 radical (unpaired) electrons. The van der Waals surface area contributed by atoms with Crippen molar-refractivity contribution in [1.82, 2.24) is 9.80 Å². The molecule has 2 saturated heterocycles. The lowest BCUT2D eigenvalue weighted by Crippen LogP contribution is -2.51. The average molecular weight is 286 g/mol. The number of nitrogens with zero attached hydrogens (tertiary/aromatic N) is 2. The Morgan fingerprint density at radius 3 is 2.76 bits per heavy atom. The van der Waals surface area contributed by atoms with E-state index in [4.69, 9.17) is 0 Å². The van der Waals surface area contributed by atoms with E-state index < -0.39 is 0 Å². The summed E-state index contributed by atoms with van der Waals surface area (Å²) in [5, 5.41) is 0. The van der Waals surface area contributed by atoms with E-state index in [9.17, 15) is 4.79 Å². The topological polar surface area (TPSA) is 23.6 Å². The lowest BCUT2D eigenvalue weighted by Gasteiger charge is -2.37. The number of piperazine rings is 1. The molecule has 2 fully saturated rings. The van der Waals surface area contributed by atoms with Gasteiger partial charge in [0.25, 0.3) is 0 Å². The quantitative estimate of drug-likeness (QED) is 0.777. The van der Waals surface area contributed by atoms with Crippen LogP contribution in [0.3, 0.4) is 0 Å². The number of rotatable bonds is 5. The van der Waals surface area contributed by atoms with Crippen LogP contribution in [0.25, 0.3) is 0 Å². The number of benzene rings is 1. The Labute approximate surface area is 127 Å². The number of carbonyl (C=O) groups is 1. The predicted molar refractivity (Wildman–Crippen MR) is 85.8 cm³/mol. The maximum atomic E-state index is 12.4. The molecule has 0 N–H and O–H groups in total. The highest BCUT2D eigenvalue weighted by molar-refractivity contribution is 5.97. The van der Waals surface area contributed by atoms with Crippen molar-refractivity contribution >= 4 is 5.78 Å². The molecule has 0 aliphatic carbocycles. The van der Waals surface area contributed by atoms with Crippen molar-refractivity contribution in [3.8, 4) is 0 Å². The Morgan fingerprint density at radius 1 is 1.19 bits per heavy atom. The molecule has 0 aromatic heterocycles. The molecule has 0 amide bonds. The highest BCUT2D eigenvalue weighted by atomic mass is 16.1. The van der Waals surface area contributed by atoms with Crippen LogP contribution in [0.4, 0.5) is 0 Å². The Balaban J connectivity index is 1.55. The van der Waals surface area contributed by atoms with E-state index in [0.717, 1.165) is 38.0 Å². The van der Waals surface area contributed by atoms with E-state index >= 15 is 0 Å². The Bertz CT molecular complexity index is 482. The largest absolute Gasteiger partial charge is 0.298 e. The van der Waals surface area contributed by atoms with Gasteiger partial charge in [0.1, 0.15) is 0 Å². The summed E-state index contributed by atoms with van der Waals surface area (Å²) < 4.78 is 0. The van der Waals surface area contributed by atoms with E-state index in [1.807, 2.05) is 12.1 Å². The number of fused-ring (bicyclic) bond motifs is 1. The highest BCUT2D eigenvalue weighted by Crippen LogP contribution is 2.21. The van der Waals surface area contributed by atoms with Gasteiger partial charge in [-0.05, 0) is 31.4 Å². The third-order valence-corrected chi connectivity index (χ3v) is 4.85. The van der Waals surface area contributed by atoms with Gasteiger partial charge < -0.3 is 0 Å². The Morgan fingerprint density at radius 2 is 2.00 bits per heavy atom. The maximum absolute atomic E-state index is 12.4. The lowest BCUT2D eigenvalue weighted by atomic mass is 10.0. The van der Waals surface area contributed by atoms with Gasteiger partial charge in [-0.1, -0.05) is 37.6 Å². The minimum absolute atomic E-state index is 0.268. The van der Waals surface area contributed by atoms with Gasteiger partial charge in [-0.2, -0.15) is 0 Å². The average Bonchev–Trinajstić information content (AvgIpc) is 2.96. The highest BCUT2D eigenvalue weighted by Gasteiger charge is 2.31. The summed E-state index contributed by atoms with van der Waals surface area (Å²) in [4.78, 5) is 17.3. The summed E-state index contributed by atoms with van der Waals surface area (Å²) >= 11 is 0. The van der Waals surface area contributed by atoms with Gasteiger partial charge in [0.15, 0.2) is 5.78 Å². The van der Waals surface area contributed by atoms with Gasteiger partial charge in [0, 0.05) is 31.2 Å². The first-order chi connectivity index (χ1) is 10.3. The normalized spacial score (nSPS) is 23.2. The molecule has 3 rings (SSSR count). The molecule has 21 heavy (non-hydrogen) atoms. The molecule has 3 nitrogen and oxygen atoms in total. The number of hydrogen-bond donors (Lipinski definition) is 0. The third-order valence-electron chi connectivity index (χ3n) is 4.85. The van der Waals surface area contributed by atoms with Crippen LogP contribution in [0.2, 0.25) is 0 Å². The number of hydrogen-bond acceptors (Lipinski definition) is 3. The number of aryl methyl sites for hydroxylation is 1. The van der Waals surface area contributed by atoms with Crippen LogP contribution in [-0.2, 0) is 6.42 Å². The van der Waals surface area contributed by atoms with Gasteiger partial charge in [-0.15, -0.1) is 0 Å². The van der Waals surface area contributed by atoms with E-state index in [0.29, 0.717) is 12.6 Å². The van der Waals surface area contributed by atoms with Crippen LogP contribution in [0.5, 0.6) is 0 Å². The summed E-state index contributed by atoms with van der Waals surface area (Å²) in [6, 6.07) is 8.90. The minimum atomic E-state index is 0.268. The van der Waals surface area contributed by atoms with Crippen molar-refractivity contribution in [2.45, 2.75) is 38.6 Å². The fourth-order valence-electron chi connectivity index (χ4n) is 3.64. The fraction of sp³-hybridized carbons (Fsp3) is 0.611. The second kappa shape index (κ2) is 6.71. The number of ketones is 1. The van der Waals surface area contributed by atoms with Gasteiger partial charge in [0.05, 0.1) is 6.54 Å². The zero-order valence-corrected chi connectivity index (χ0v) is 13.1. The SMILES string of the molecule is CCCc1ccc(C(=O)CN2CCN3CCCC3C2)cc1. The van der Waals surface area contributed by atoms with Crippen molar-refractivity contribution < 1.29 is 4.79 Å². The summed E-state index contributed by atoms with van der Waals surface area (Å²) in [5.74, 6) is 0.268. The van der Waals surface area contributed by atoms with Crippen LogP contribution in [0.15, 0.2) is 24.3 Å². The van der Waals surface area contributed by atoms with E-state index in [-0.39, 0.29) is 5.78 Å². The van der Waals surface area contributed by atoms with Crippen LogP contribution in [0, 0.1) is 0 Å². The Kier molecular flexibility index (Phi) is 4.71. The van der Waals surface area contributed by atoms with Crippen LogP contribution >= 0.6 is 0 Å². The molecule has 2 aliphatic heterocycles. The summed E-state index contributed by atoms with van der Waals surface area (Å²) in [6.45, 7) is 7.26. The van der Waals surface area contributed by atoms with E-state index in [1.165, 1.54) is 24.9 Å². The van der Waals surface area contributed by atoms with E-state index in [2.05, 4.69) is 28.9 Å². The standard InChI is InChI=1S/C18H26N2O/c1-2-4-15-6-8-16(9-7-15)18(21)14-19-11-12-20-10-3-5-17(20)13-19/h6-9,17H,2-5,10-14H2,1H3. The number of carbonyl (C=O) groups excluding carboxylic acids is 1. The van der Waals surface area contributed by atoms with Crippen LogP contribution < -0.4 is 0 Å². The molecule has 2 heterocycles. The van der Waals surface area contributed by atoms with Crippen molar-refractivity contribution in [3.63, 3.8) is 0 Å². The minimum Gasteiger partial charge on any atom is -0.298 e. The first-order valence-corrected chi connectivity index (χ1v) is 8.35. The zero-order valence-electron chi connectivity index (χ0n) is 13.1. The molecular formula is C18H26N2O. The Hall–Kier alpha value is -1.19. The molecule has 1 aromatic carbocycles. The summed E-state index contributed by atoms with van der Waals surface area (Å²) in [7, 11) is 0. The molecular weight excluding hydrogens is 260 g/mol. The molecule has 0 saturated carbocycles. The fourth-order valence-corrected chi connectivity index (χ4v) is 3.64. The summed E-state index contributed by atoms with van der Waals surface area (Å²) in [5.41, 5.74) is 2.19. The second-order valence-electron chi connectivity index (χ2n) is 6.44. The third kappa shape index (κ3) is 3.53. The predicted octanol–water partition coefficient (Wildman–Crippen LogP) is 2.60. The first kappa shape index (κ1) is 14.7. The van der Waals surface area contributed by atoms with Gasteiger partial charge >= 0.3 is 0 Å². The van der Waals surface area contributed by atoms with Gasteiger partial charge in [0.2, 0.25) is 0 Å². The van der Waals surface area contributed by atoms with Crippen LogP contribution in [0.1, 0.15) is 42.1 Å². The molecule has 1 aromatic rings.